The predicted octanol–water partition coefficient (Wildman–Crippen LogP) is 1.62. The van der Waals surface area contributed by atoms with Crippen molar-refractivity contribution in [2.24, 2.45) is 5.73 Å². The summed E-state index contributed by atoms with van der Waals surface area (Å²) >= 11 is 0. The van der Waals surface area contributed by atoms with Crippen LogP contribution in [0.15, 0.2) is 12.1 Å². The van der Waals surface area contributed by atoms with E-state index in [0.29, 0.717) is 6.79 Å². The van der Waals surface area contributed by atoms with Crippen molar-refractivity contribution in [1.82, 2.24) is 0 Å². The van der Waals surface area contributed by atoms with Crippen LogP contribution in [-0.4, -0.2) is 13.3 Å². The summed E-state index contributed by atoms with van der Waals surface area (Å²) in [5, 5.41) is 0. The Morgan fingerprint density at radius 3 is 3.00 bits per heavy atom. The van der Waals surface area contributed by atoms with Crippen LogP contribution in [0.2, 0.25) is 0 Å². The molecule has 0 saturated heterocycles. The van der Waals surface area contributed by atoms with Crippen molar-refractivity contribution in [3.63, 3.8) is 0 Å². The smallest absolute Gasteiger partial charge is 0.231 e. The fourth-order valence-corrected chi connectivity index (χ4v) is 1.71. The van der Waals surface area contributed by atoms with Gasteiger partial charge in [-0.05, 0) is 43.5 Å². The molecule has 0 spiro atoms. The molecule has 1 heterocycles. The molecule has 2 N–H and O–H groups in total. The Bertz CT molecular complexity index is 336. The maximum absolute atomic E-state index is 5.47. The summed E-state index contributed by atoms with van der Waals surface area (Å²) < 4.78 is 10.7. The Balaban J connectivity index is 2.23. The Morgan fingerprint density at radius 1 is 1.36 bits per heavy atom. The van der Waals surface area contributed by atoms with E-state index in [9.17, 15) is 0 Å². The second-order valence-electron chi connectivity index (χ2n) is 3.54. The van der Waals surface area contributed by atoms with E-state index < -0.39 is 0 Å². The Hall–Kier alpha value is -1.22. The van der Waals surface area contributed by atoms with E-state index in [1.54, 1.807) is 0 Å². The summed E-state index contributed by atoms with van der Waals surface area (Å²) in [6.45, 7) is 3.11. The monoisotopic (exact) mass is 193 g/mol. The number of benzene rings is 1. The van der Waals surface area contributed by atoms with Gasteiger partial charge in [-0.15, -0.1) is 0 Å². The lowest BCUT2D eigenvalue weighted by Gasteiger charge is -2.05. The third-order valence-corrected chi connectivity index (χ3v) is 2.39. The van der Waals surface area contributed by atoms with Crippen LogP contribution in [0.4, 0.5) is 0 Å². The van der Waals surface area contributed by atoms with E-state index in [0.717, 1.165) is 36.4 Å². The van der Waals surface area contributed by atoms with Gasteiger partial charge in [0.15, 0.2) is 11.5 Å². The van der Waals surface area contributed by atoms with Crippen LogP contribution >= 0.6 is 0 Å². The minimum atomic E-state index is 0.344. The number of rotatable bonds is 3. The average molecular weight is 193 g/mol. The minimum absolute atomic E-state index is 0.344. The van der Waals surface area contributed by atoms with Crippen LogP contribution in [-0.2, 0) is 6.42 Å². The van der Waals surface area contributed by atoms with Crippen molar-refractivity contribution in [2.45, 2.75) is 19.8 Å². The summed E-state index contributed by atoms with van der Waals surface area (Å²) in [4.78, 5) is 0. The Kier molecular flexibility index (Phi) is 2.59. The van der Waals surface area contributed by atoms with Gasteiger partial charge < -0.3 is 15.2 Å². The van der Waals surface area contributed by atoms with Gasteiger partial charge in [0.2, 0.25) is 6.79 Å². The van der Waals surface area contributed by atoms with E-state index in [-0.39, 0.29) is 0 Å². The molecule has 1 aromatic rings. The Labute approximate surface area is 83.8 Å². The van der Waals surface area contributed by atoms with E-state index in [2.05, 4.69) is 6.07 Å². The SMILES string of the molecule is Cc1cc(CCCN)cc2c1OCO2. The normalized spacial score (nSPS) is 13.3. The summed E-state index contributed by atoms with van der Waals surface area (Å²) in [6.07, 6.45) is 2.02. The molecular formula is C11H15NO2. The molecule has 3 nitrogen and oxygen atoms in total. The molecular weight excluding hydrogens is 178 g/mol. The van der Waals surface area contributed by atoms with Gasteiger partial charge in [0, 0.05) is 0 Å². The van der Waals surface area contributed by atoms with Crippen LogP contribution < -0.4 is 15.2 Å². The van der Waals surface area contributed by atoms with Crippen LogP contribution in [0, 0.1) is 6.92 Å². The minimum Gasteiger partial charge on any atom is -0.454 e. The molecule has 1 aliphatic rings. The van der Waals surface area contributed by atoms with Crippen molar-refractivity contribution >= 4 is 0 Å². The van der Waals surface area contributed by atoms with Crippen molar-refractivity contribution in [1.29, 1.82) is 0 Å². The summed E-state index contributed by atoms with van der Waals surface area (Å²) in [5.74, 6) is 1.76. The first kappa shape index (κ1) is 9.34. The highest BCUT2D eigenvalue weighted by molar-refractivity contribution is 5.50. The zero-order valence-electron chi connectivity index (χ0n) is 8.38. The third-order valence-electron chi connectivity index (χ3n) is 2.39. The summed E-state index contributed by atoms with van der Waals surface area (Å²) in [7, 11) is 0. The van der Waals surface area contributed by atoms with Gasteiger partial charge in [0.1, 0.15) is 0 Å². The lowest BCUT2D eigenvalue weighted by molar-refractivity contribution is 0.173. The van der Waals surface area contributed by atoms with E-state index >= 15 is 0 Å². The van der Waals surface area contributed by atoms with Crippen LogP contribution in [0.1, 0.15) is 17.5 Å². The molecule has 0 radical (unpaired) electrons. The predicted molar refractivity (Wildman–Crippen MR) is 54.7 cm³/mol. The van der Waals surface area contributed by atoms with E-state index in [1.807, 2.05) is 13.0 Å². The number of fused-ring (bicyclic) bond motifs is 1. The van der Waals surface area contributed by atoms with E-state index in [1.165, 1.54) is 5.56 Å². The van der Waals surface area contributed by atoms with Gasteiger partial charge in [0.25, 0.3) is 0 Å². The first-order valence-corrected chi connectivity index (χ1v) is 4.90. The van der Waals surface area contributed by atoms with Crippen molar-refractivity contribution in [3.05, 3.63) is 23.3 Å². The molecule has 3 heteroatoms. The zero-order chi connectivity index (χ0) is 9.97. The van der Waals surface area contributed by atoms with Crippen LogP contribution in [0.3, 0.4) is 0 Å². The fourth-order valence-electron chi connectivity index (χ4n) is 1.71. The molecule has 0 amide bonds. The topological polar surface area (TPSA) is 44.5 Å². The van der Waals surface area contributed by atoms with Gasteiger partial charge in [-0.1, -0.05) is 6.07 Å². The van der Waals surface area contributed by atoms with Gasteiger partial charge in [-0.3, -0.25) is 0 Å². The first-order chi connectivity index (χ1) is 6.81. The van der Waals surface area contributed by atoms with Crippen molar-refractivity contribution in [3.8, 4) is 11.5 Å². The van der Waals surface area contributed by atoms with Gasteiger partial charge in [-0.25, -0.2) is 0 Å². The molecule has 76 valence electrons. The number of hydrogen-bond donors (Lipinski definition) is 1. The van der Waals surface area contributed by atoms with Gasteiger partial charge in [0.05, 0.1) is 0 Å². The lowest BCUT2D eigenvalue weighted by atomic mass is 10.1. The molecule has 0 atom stereocenters. The maximum atomic E-state index is 5.47. The zero-order valence-corrected chi connectivity index (χ0v) is 8.38. The second kappa shape index (κ2) is 3.88. The fraction of sp³-hybridized carbons (Fsp3) is 0.455. The highest BCUT2D eigenvalue weighted by atomic mass is 16.7. The molecule has 1 aromatic carbocycles. The molecule has 0 bridgehead atoms. The second-order valence-corrected chi connectivity index (χ2v) is 3.54. The number of aryl methyl sites for hydroxylation is 2. The molecule has 0 aliphatic carbocycles. The van der Waals surface area contributed by atoms with E-state index in [4.69, 9.17) is 15.2 Å². The summed E-state index contributed by atoms with van der Waals surface area (Å²) in [6, 6.07) is 4.19. The average Bonchev–Trinajstić information content (AvgIpc) is 2.63. The Morgan fingerprint density at radius 2 is 2.21 bits per heavy atom. The standard InChI is InChI=1S/C11H15NO2/c1-8-5-9(3-2-4-12)6-10-11(8)14-7-13-10/h5-6H,2-4,7,12H2,1H3. The lowest BCUT2D eigenvalue weighted by Crippen LogP contribution is -2.00. The molecule has 0 unspecified atom stereocenters. The molecule has 0 aromatic heterocycles. The maximum Gasteiger partial charge on any atom is 0.231 e. The van der Waals surface area contributed by atoms with Crippen molar-refractivity contribution in [2.75, 3.05) is 13.3 Å². The largest absolute Gasteiger partial charge is 0.454 e. The molecule has 14 heavy (non-hydrogen) atoms. The molecule has 2 rings (SSSR count). The van der Waals surface area contributed by atoms with Crippen LogP contribution in [0.5, 0.6) is 11.5 Å². The molecule has 0 saturated carbocycles. The first-order valence-electron chi connectivity index (χ1n) is 4.90. The molecule has 1 aliphatic heterocycles. The highest BCUT2D eigenvalue weighted by Crippen LogP contribution is 2.36. The van der Waals surface area contributed by atoms with Gasteiger partial charge in [-0.2, -0.15) is 0 Å². The third kappa shape index (κ3) is 1.68. The van der Waals surface area contributed by atoms with Crippen molar-refractivity contribution < 1.29 is 9.47 Å². The summed E-state index contributed by atoms with van der Waals surface area (Å²) in [5.41, 5.74) is 7.89. The number of ether oxygens (including phenoxy) is 2. The number of hydrogen-bond acceptors (Lipinski definition) is 3. The molecule has 0 fully saturated rings. The van der Waals surface area contributed by atoms with Crippen LogP contribution in [0.25, 0.3) is 0 Å². The van der Waals surface area contributed by atoms with Gasteiger partial charge >= 0.3 is 0 Å². The number of nitrogens with two attached hydrogens (primary N) is 1. The quantitative estimate of drug-likeness (QED) is 0.793. The highest BCUT2D eigenvalue weighted by Gasteiger charge is 2.16.